The van der Waals surface area contributed by atoms with Crippen molar-refractivity contribution in [3.63, 3.8) is 0 Å². The van der Waals surface area contributed by atoms with E-state index in [4.69, 9.17) is 14.9 Å². The van der Waals surface area contributed by atoms with Crippen molar-refractivity contribution in [3.05, 3.63) is 51.1 Å². The van der Waals surface area contributed by atoms with E-state index in [1.807, 2.05) is 31.3 Å². The number of para-hydroxylation sites is 1. The van der Waals surface area contributed by atoms with E-state index in [1.165, 1.54) is 5.56 Å². The fourth-order valence-electron chi connectivity index (χ4n) is 1.93. The minimum atomic E-state index is -1.08. The molecule has 0 aliphatic heterocycles. The van der Waals surface area contributed by atoms with Crippen LogP contribution in [0.5, 0.6) is 5.75 Å². The molecule has 0 saturated heterocycles. The maximum atomic E-state index is 9.64. The molecule has 0 radical (unpaired) electrons. The second kappa shape index (κ2) is 12.5. The largest absolute Gasteiger partial charge is 0.484 e. The van der Waals surface area contributed by atoms with Crippen LogP contribution in [0.25, 0.3) is 0 Å². The van der Waals surface area contributed by atoms with Gasteiger partial charge in [-0.15, -0.1) is 0 Å². The Labute approximate surface area is 164 Å². The number of carboxylic acids is 2. The van der Waals surface area contributed by atoms with Crippen molar-refractivity contribution >= 4 is 39.2 Å². The first-order chi connectivity index (χ1) is 12.4. The van der Waals surface area contributed by atoms with Gasteiger partial charge >= 0.3 is 11.9 Å². The van der Waals surface area contributed by atoms with Crippen molar-refractivity contribution in [2.45, 2.75) is 25.4 Å². The Hall–Kier alpha value is -1.90. The van der Waals surface area contributed by atoms with Gasteiger partial charge in [0.15, 0.2) is 0 Å². The maximum Gasteiger partial charge on any atom is 0.303 e. The van der Waals surface area contributed by atoms with Crippen LogP contribution in [-0.4, -0.2) is 35.7 Å². The van der Waals surface area contributed by atoms with Crippen LogP contribution in [0.3, 0.4) is 0 Å². The third-order valence-electron chi connectivity index (χ3n) is 3.23. The van der Waals surface area contributed by atoms with Gasteiger partial charge in [-0.05, 0) is 58.5 Å². The standard InChI is InChI=1S/C14H16BrNOS.C4H6O4/c1-16-8-6-13(11-7-9-18-10-11)17-14-5-3-2-4-12(14)15;5-3(6)1-2-4(7)8/h2-5,7,9-10,13,16H,6,8H2,1H3;1-2H2,(H,5,6)(H,7,8). The van der Waals surface area contributed by atoms with Crippen LogP contribution < -0.4 is 10.1 Å². The summed E-state index contributed by atoms with van der Waals surface area (Å²) in [6.07, 6.45) is 0.460. The number of carboxylic acid groups (broad SMARTS) is 2. The number of rotatable bonds is 9. The normalized spacial score (nSPS) is 11.2. The summed E-state index contributed by atoms with van der Waals surface area (Å²) in [6.45, 7) is 0.935. The zero-order valence-corrected chi connectivity index (χ0v) is 16.8. The van der Waals surface area contributed by atoms with Gasteiger partial charge < -0.3 is 20.3 Å². The van der Waals surface area contributed by atoms with Crippen molar-refractivity contribution in [2.24, 2.45) is 0 Å². The number of hydrogen-bond donors (Lipinski definition) is 3. The van der Waals surface area contributed by atoms with Gasteiger partial charge in [0.2, 0.25) is 0 Å². The summed E-state index contributed by atoms with van der Waals surface area (Å²) in [5.74, 6) is -1.26. The second-order valence-corrected chi connectivity index (χ2v) is 6.91. The second-order valence-electron chi connectivity index (χ2n) is 5.27. The van der Waals surface area contributed by atoms with Crippen LogP contribution in [0, 0.1) is 0 Å². The first kappa shape index (κ1) is 22.1. The van der Waals surface area contributed by atoms with Crippen LogP contribution in [0.2, 0.25) is 0 Å². The molecule has 1 aromatic carbocycles. The summed E-state index contributed by atoms with van der Waals surface area (Å²) in [6, 6.07) is 10.1. The number of benzene rings is 1. The van der Waals surface area contributed by atoms with E-state index < -0.39 is 11.9 Å². The summed E-state index contributed by atoms with van der Waals surface area (Å²) in [4.78, 5) is 19.3. The summed E-state index contributed by atoms with van der Waals surface area (Å²) >= 11 is 5.22. The Kier molecular flexibility index (Phi) is 10.6. The molecule has 0 saturated carbocycles. The minimum Gasteiger partial charge on any atom is -0.484 e. The lowest BCUT2D eigenvalue weighted by atomic mass is 10.1. The molecule has 2 rings (SSSR count). The van der Waals surface area contributed by atoms with Gasteiger partial charge in [0, 0.05) is 12.0 Å². The highest BCUT2D eigenvalue weighted by atomic mass is 79.9. The first-order valence-electron chi connectivity index (χ1n) is 7.95. The molecule has 0 amide bonds. The van der Waals surface area contributed by atoms with Crippen molar-refractivity contribution in [2.75, 3.05) is 13.6 Å². The van der Waals surface area contributed by atoms with Gasteiger partial charge in [0.1, 0.15) is 11.9 Å². The molecule has 6 nitrogen and oxygen atoms in total. The van der Waals surface area contributed by atoms with Gasteiger partial charge in [-0.3, -0.25) is 9.59 Å². The highest BCUT2D eigenvalue weighted by Gasteiger charge is 2.14. The van der Waals surface area contributed by atoms with Crippen molar-refractivity contribution < 1.29 is 24.5 Å². The van der Waals surface area contributed by atoms with E-state index in [2.05, 4.69) is 38.1 Å². The van der Waals surface area contributed by atoms with Gasteiger partial charge in [-0.25, -0.2) is 0 Å². The number of halogens is 1. The van der Waals surface area contributed by atoms with E-state index >= 15 is 0 Å². The van der Waals surface area contributed by atoms with E-state index in [-0.39, 0.29) is 18.9 Å². The highest BCUT2D eigenvalue weighted by molar-refractivity contribution is 9.10. The van der Waals surface area contributed by atoms with E-state index in [0.29, 0.717) is 0 Å². The van der Waals surface area contributed by atoms with Crippen molar-refractivity contribution in [1.82, 2.24) is 5.32 Å². The molecule has 0 spiro atoms. The number of ether oxygens (including phenoxy) is 1. The predicted octanol–water partition coefficient (Wildman–Crippen LogP) is 4.18. The van der Waals surface area contributed by atoms with Crippen molar-refractivity contribution in [1.29, 1.82) is 0 Å². The molecule has 0 aliphatic carbocycles. The molecule has 1 heterocycles. The predicted molar refractivity (Wildman–Crippen MR) is 105 cm³/mol. The molecule has 1 aromatic heterocycles. The quantitative estimate of drug-likeness (QED) is 0.537. The lowest BCUT2D eigenvalue weighted by Gasteiger charge is -2.19. The molecule has 0 fully saturated rings. The Morgan fingerprint density at radius 2 is 1.85 bits per heavy atom. The molecular weight excluding hydrogens is 422 g/mol. The third-order valence-corrected chi connectivity index (χ3v) is 4.59. The number of carbonyl (C=O) groups is 2. The summed E-state index contributed by atoms with van der Waals surface area (Å²) in [5, 5.41) is 23.2. The van der Waals surface area contributed by atoms with Gasteiger partial charge in [0.25, 0.3) is 0 Å². The molecule has 3 N–H and O–H groups in total. The zero-order valence-electron chi connectivity index (χ0n) is 14.4. The lowest BCUT2D eigenvalue weighted by Crippen LogP contribution is -2.16. The van der Waals surface area contributed by atoms with Crippen LogP contribution in [0.15, 0.2) is 45.6 Å². The SMILES string of the molecule is CNCCC(Oc1ccccc1Br)c1ccsc1.O=C(O)CCC(=O)O. The monoisotopic (exact) mass is 443 g/mol. The van der Waals surface area contributed by atoms with Crippen LogP contribution in [0.1, 0.15) is 30.9 Å². The van der Waals surface area contributed by atoms with Gasteiger partial charge in [0.05, 0.1) is 17.3 Å². The first-order valence-corrected chi connectivity index (χ1v) is 9.69. The van der Waals surface area contributed by atoms with E-state index in [0.717, 1.165) is 23.2 Å². The zero-order chi connectivity index (χ0) is 19.4. The Morgan fingerprint density at radius 3 is 2.35 bits per heavy atom. The van der Waals surface area contributed by atoms with E-state index in [1.54, 1.807) is 11.3 Å². The van der Waals surface area contributed by atoms with E-state index in [9.17, 15) is 9.59 Å². The molecule has 8 heteroatoms. The Balaban J connectivity index is 0.000000359. The number of nitrogens with one attached hydrogen (secondary N) is 1. The van der Waals surface area contributed by atoms with Gasteiger partial charge in [-0.1, -0.05) is 12.1 Å². The summed E-state index contributed by atoms with van der Waals surface area (Å²) in [5.41, 5.74) is 1.24. The maximum absolute atomic E-state index is 9.64. The third kappa shape index (κ3) is 8.98. The Bertz CT molecular complexity index is 664. The molecule has 2 aromatic rings. The molecular formula is C18H22BrNO5S. The van der Waals surface area contributed by atoms with Crippen LogP contribution in [0.4, 0.5) is 0 Å². The molecule has 0 aliphatic rings. The average Bonchev–Trinajstić information content (AvgIpc) is 3.13. The number of aliphatic carboxylic acids is 2. The average molecular weight is 444 g/mol. The van der Waals surface area contributed by atoms with Crippen LogP contribution >= 0.6 is 27.3 Å². The smallest absolute Gasteiger partial charge is 0.303 e. The molecule has 1 unspecified atom stereocenters. The van der Waals surface area contributed by atoms with Crippen LogP contribution in [-0.2, 0) is 9.59 Å². The van der Waals surface area contributed by atoms with Crippen molar-refractivity contribution in [3.8, 4) is 5.75 Å². The fraction of sp³-hybridized carbons (Fsp3) is 0.333. The molecule has 1 atom stereocenters. The summed E-state index contributed by atoms with van der Waals surface area (Å²) in [7, 11) is 1.96. The molecule has 142 valence electrons. The molecule has 26 heavy (non-hydrogen) atoms. The lowest BCUT2D eigenvalue weighted by molar-refractivity contribution is -0.143. The molecule has 0 bridgehead atoms. The minimum absolute atomic E-state index is 0.0994. The topological polar surface area (TPSA) is 95.9 Å². The van der Waals surface area contributed by atoms with Gasteiger partial charge in [-0.2, -0.15) is 11.3 Å². The number of hydrogen-bond acceptors (Lipinski definition) is 5. The summed E-state index contributed by atoms with van der Waals surface area (Å²) < 4.78 is 7.11. The highest BCUT2D eigenvalue weighted by Crippen LogP contribution is 2.31. The fourth-order valence-corrected chi connectivity index (χ4v) is 3.01. The Morgan fingerprint density at radius 1 is 1.19 bits per heavy atom. The number of thiophene rings is 1.